The summed E-state index contributed by atoms with van der Waals surface area (Å²) in [4.78, 5) is 12.6. The van der Waals surface area contributed by atoms with Gasteiger partial charge in [0.25, 0.3) is 0 Å². The van der Waals surface area contributed by atoms with Crippen molar-refractivity contribution in [2.45, 2.75) is 51.5 Å². The second kappa shape index (κ2) is 8.87. The number of nitrogens with one attached hydrogen (secondary N) is 2. The van der Waals surface area contributed by atoms with E-state index in [-0.39, 0.29) is 30.0 Å². The molecule has 0 aliphatic heterocycles. The van der Waals surface area contributed by atoms with Crippen LogP contribution in [0.1, 0.15) is 46.0 Å². The highest BCUT2D eigenvalue weighted by atomic mass is 35.5. The second-order valence-electron chi connectivity index (χ2n) is 6.80. The summed E-state index contributed by atoms with van der Waals surface area (Å²) >= 11 is 0. The van der Waals surface area contributed by atoms with Crippen LogP contribution in [-0.2, 0) is 14.8 Å². The van der Waals surface area contributed by atoms with Crippen LogP contribution < -0.4 is 15.8 Å². The Kier molecular flexibility index (Phi) is 7.71. The van der Waals surface area contributed by atoms with Gasteiger partial charge in [-0.25, -0.2) is 8.42 Å². The fourth-order valence-electron chi connectivity index (χ4n) is 3.18. The Balaban J connectivity index is 0.00000312. The maximum absolute atomic E-state index is 12.6. The van der Waals surface area contributed by atoms with E-state index in [0.29, 0.717) is 17.8 Å². The SMILES string of the molecule is CCCS(=O)(=O)Nc1cccc(NC(=O)C2CCCCC2(C)N)c1.Cl. The van der Waals surface area contributed by atoms with Gasteiger partial charge in [0.1, 0.15) is 0 Å². The number of hydrogen-bond acceptors (Lipinski definition) is 4. The highest BCUT2D eigenvalue weighted by Gasteiger charge is 2.37. The number of carbonyl (C=O) groups is 1. The lowest BCUT2D eigenvalue weighted by Crippen LogP contribution is -2.51. The van der Waals surface area contributed by atoms with Crippen LogP contribution in [0.5, 0.6) is 0 Å². The zero-order valence-electron chi connectivity index (χ0n) is 14.7. The topological polar surface area (TPSA) is 101 Å². The van der Waals surface area contributed by atoms with Crippen molar-refractivity contribution in [2.75, 3.05) is 15.8 Å². The van der Waals surface area contributed by atoms with Gasteiger partial charge < -0.3 is 11.1 Å². The molecule has 0 radical (unpaired) electrons. The third kappa shape index (κ3) is 6.17. The van der Waals surface area contributed by atoms with E-state index in [1.165, 1.54) is 0 Å². The average Bonchev–Trinajstić information content (AvgIpc) is 2.46. The zero-order valence-corrected chi connectivity index (χ0v) is 16.4. The number of benzene rings is 1. The lowest BCUT2D eigenvalue weighted by atomic mass is 9.74. The first kappa shape index (κ1) is 21.7. The van der Waals surface area contributed by atoms with Gasteiger partial charge in [-0.15, -0.1) is 12.4 Å². The fraction of sp³-hybridized carbons (Fsp3) is 0.588. The van der Waals surface area contributed by atoms with Crippen molar-refractivity contribution in [1.29, 1.82) is 0 Å². The van der Waals surface area contributed by atoms with Crippen molar-refractivity contribution in [1.82, 2.24) is 0 Å². The molecule has 0 spiro atoms. The number of amides is 1. The van der Waals surface area contributed by atoms with Crippen LogP contribution in [0.4, 0.5) is 11.4 Å². The Morgan fingerprint density at radius 1 is 1.32 bits per heavy atom. The van der Waals surface area contributed by atoms with E-state index in [0.717, 1.165) is 25.7 Å². The zero-order chi connectivity index (χ0) is 17.8. The highest BCUT2D eigenvalue weighted by molar-refractivity contribution is 7.92. The first-order valence-corrected chi connectivity index (χ1v) is 10.1. The number of nitrogens with two attached hydrogens (primary N) is 1. The van der Waals surface area contributed by atoms with Crippen LogP contribution >= 0.6 is 12.4 Å². The predicted octanol–water partition coefficient (Wildman–Crippen LogP) is 3.11. The Hall–Kier alpha value is -1.31. The van der Waals surface area contributed by atoms with Crippen molar-refractivity contribution in [3.8, 4) is 0 Å². The van der Waals surface area contributed by atoms with Crippen LogP contribution in [0.2, 0.25) is 0 Å². The smallest absolute Gasteiger partial charge is 0.232 e. The molecule has 2 rings (SSSR count). The minimum absolute atomic E-state index is 0. The monoisotopic (exact) mass is 389 g/mol. The summed E-state index contributed by atoms with van der Waals surface area (Å²) in [6.45, 7) is 3.73. The van der Waals surface area contributed by atoms with Gasteiger partial charge in [-0.2, -0.15) is 0 Å². The van der Waals surface area contributed by atoms with Crippen molar-refractivity contribution < 1.29 is 13.2 Å². The van der Waals surface area contributed by atoms with Gasteiger partial charge in [-0.3, -0.25) is 9.52 Å². The molecule has 1 saturated carbocycles. The molecule has 0 bridgehead atoms. The predicted molar refractivity (Wildman–Crippen MR) is 105 cm³/mol. The summed E-state index contributed by atoms with van der Waals surface area (Å²) in [5.41, 5.74) is 6.79. The molecule has 1 amide bonds. The molecule has 6 nitrogen and oxygen atoms in total. The third-order valence-electron chi connectivity index (χ3n) is 4.45. The summed E-state index contributed by atoms with van der Waals surface area (Å²) in [5, 5.41) is 2.87. The number of carbonyl (C=O) groups excluding carboxylic acids is 1. The number of rotatable bonds is 6. The normalized spacial score (nSPS) is 23.4. The summed E-state index contributed by atoms with van der Waals surface area (Å²) in [5.74, 6) is -0.267. The molecule has 0 saturated heterocycles. The van der Waals surface area contributed by atoms with Gasteiger partial charge in [0.15, 0.2) is 0 Å². The molecule has 0 heterocycles. The second-order valence-corrected chi connectivity index (χ2v) is 8.64. The Bertz CT molecular complexity index is 692. The summed E-state index contributed by atoms with van der Waals surface area (Å²) in [6, 6.07) is 6.74. The first-order valence-electron chi connectivity index (χ1n) is 8.44. The Morgan fingerprint density at radius 3 is 2.64 bits per heavy atom. The molecule has 142 valence electrons. The number of anilines is 2. The lowest BCUT2D eigenvalue weighted by Gasteiger charge is -2.37. The van der Waals surface area contributed by atoms with E-state index in [1.807, 2.05) is 13.8 Å². The molecule has 1 aromatic carbocycles. The molecule has 8 heteroatoms. The van der Waals surface area contributed by atoms with Gasteiger partial charge in [0.2, 0.25) is 15.9 Å². The summed E-state index contributed by atoms with van der Waals surface area (Å²) in [7, 11) is -3.35. The van der Waals surface area contributed by atoms with Crippen molar-refractivity contribution >= 4 is 39.7 Å². The van der Waals surface area contributed by atoms with Gasteiger partial charge in [0, 0.05) is 11.2 Å². The van der Waals surface area contributed by atoms with Gasteiger partial charge >= 0.3 is 0 Å². The van der Waals surface area contributed by atoms with Crippen molar-refractivity contribution in [2.24, 2.45) is 11.7 Å². The Morgan fingerprint density at radius 2 is 2.00 bits per heavy atom. The van der Waals surface area contributed by atoms with Crippen LogP contribution in [0, 0.1) is 5.92 Å². The summed E-state index contributed by atoms with van der Waals surface area (Å²) in [6.07, 6.45) is 4.21. The molecular weight excluding hydrogens is 362 g/mol. The highest BCUT2D eigenvalue weighted by Crippen LogP contribution is 2.32. The van der Waals surface area contributed by atoms with E-state index in [1.54, 1.807) is 24.3 Å². The van der Waals surface area contributed by atoms with Crippen LogP contribution in [0.3, 0.4) is 0 Å². The van der Waals surface area contributed by atoms with Crippen molar-refractivity contribution in [3.63, 3.8) is 0 Å². The average molecular weight is 390 g/mol. The minimum atomic E-state index is -3.35. The molecular formula is C17H28ClN3O3S. The minimum Gasteiger partial charge on any atom is -0.326 e. The Labute approximate surface area is 156 Å². The molecule has 25 heavy (non-hydrogen) atoms. The van der Waals surface area contributed by atoms with E-state index in [9.17, 15) is 13.2 Å². The molecule has 2 unspecified atom stereocenters. The van der Waals surface area contributed by atoms with E-state index in [2.05, 4.69) is 10.0 Å². The largest absolute Gasteiger partial charge is 0.326 e. The third-order valence-corrected chi connectivity index (χ3v) is 5.94. The van der Waals surface area contributed by atoms with E-state index in [4.69, 9.17) is 5.73 Å². The van der Waals surface area contributed by atoms with Gasteiger partial charge in [0.05, 0.1) is 17.4 Å². The van der Waals surface area contributed by atoms with Gasteiger partial charge in [-0.05, 0) is 44.4 Å². The molecule has 2 atom stereocenters. The summed E-state index contributed by atoms with van der Waals surface area (Å²) < 4.78 is 26.2. The first-order chi connectivity index (χ1) is 11.2. The molecule has 4 N–H and O–H groups in total. The van der Waals surface area contributed by atoms with Crippen LogP contribution in [0.15, 0.2) is 24.3 Å². The standard InChI is InChI=1S/C17H27N3O3S.ClH/c1-3-11-24(22,23)20-14-8-6-7-13(12-14)19-16(21)15-9-4-5-10-17(15,2)18;/h6-8,12,15,20H,3-5,9-11,18H2,1-2H3,(H,19,21);1H. The quantitative estimate of drug-likeness (QED) is 0.695. The van der Waals surface area contributed by atoms with Crippen molar-refractivity contribution in [3.05, 3.63) is 24.3 Å². The number of hydrogen-bond donors (Lipinski definition) is 3. The molecule has 1 fully saturated rings. The number of halogens is 1. The maximum atomic E-state index is 12.6. The number of sulfonamides is 1. The van der Waals surface area contributed by atoms with Crippen LogP contribution in [0.25, 0.3) is 0 Å². The molecule has 0 aromatic heterocycles. The fourth-order valence-corrected chi connectivity index (χ4v) is 4.30. The maximum Gasteiger partial charge on any atom is 0.232 e. The van der Waals surface area contributed by atoms with E-state index < -0.39 is 15.6 Å². The van der Waals surface area contributed by atoms with Crippen LogP contribution in [-0.4, -0.2) is 25.6 Å². The molecule has 1 aliphatic carbocycles. The lowest BCUT2D eigenvalue weighted by molar-refractivity contribution is -0.122. The van der Waals surface area contributed by atoms with Gasteiger partial charge in [-0.1, -0.05) is 25.8 Å². The van der Waals surface area contributed by atoms with E-state index >= 15 is 0 Å². The molecule has 1 aromatic rings. The molecule has 1 aliphatic rings.